The van der Waals surface area contributed by atoms with Crippen LogP contribution in [0, 0.1) is 5.82 Å². The minimum absolute atomic E-state index is 0.0330. The quantitative estimate of drug-likeness (QED) is 0.313. The predicted octanol–water partition coefficient (Wildman–Crippen LogP) is 5.01. The molecule has 3 aromatic rings. The number of anilines is 1. The first kappa shape index (κ1) is 26.1. The molecule has 1 aliphatic rings. The van der Waals surface area contributed by atoms with Crippen LogP contribution in [0.3, 0.4) is 0 Å². The standard InChI is InChI=1S/C30H32FN3O3/c1-22(2)33(20-23-10-4-3-5-11-23)17-9-16-32-29(35)21-34-26-14-6-7-15-27(26)37-28(30(34)36)19-24-12-8-13-25(31)18-24/h3-8,10-15,18-19,22H,9,16-17,20-21H2,1-2H3,(H,32,35)/b28-19+. The Morgan fingerprint density at radius 2 is 1.81 bits per heavy atom. The number of carbonyl (C=O) groups excluding carboxylic acids is 2. The fraction of sp³-hybridized carbons (Fsp3) is 0.267. The summed E-state index contributed by atoms with van der Waals surface area (Å²) < 4.78 is 19.4. The first-order valence-electron chi connectivity index (χ1n) is 12.5. The molecule has 4 rings (SSSR count). The van der Waals surface area contributed by atoms with E-state index in [9.17, 15) is 14.0 Å². The van der Waals surface area contributed by atoms with Gasteiger partial charge in [-0.05, 0) is 61.7 Å². The van der Waals surface area contributed by atoms with E-state index in [-0.39, 0.29) is 18.2 Å². The van der Waals surface area contributed by atoms with Crippen molar-refractivity contribution in [2.24, 2.45) is 0 Å². The smallest absolute Gasteiger partial charge is 0.294 e. The van der Waals surface area contributed by atoms with E-state index in [1.807, 2.05) is 18.2 Å². The van der Waals surface area contributed by atoms with Gasteiger partial charge in [-0.3, -0.25) is 19.4 Å². The van der Waals surface area contributed by atoms with Crippen LogP contribution in [0.4, 0.5) is 10.1 Å². The number of rotatable bonds is 10. The van der Waals surface area contributed by atoms with Gasteiger partial charge in [-0.1, -0.05) is 54.6 Å². The van der Waals surface area contributed by atoms with E-state index in [2.05, 4.69) is 36.2 Å². The highest BCUT2D eigenvalue weighted by molar-refractivity contribution is 6.12. The van der Waals surface area contributed by atoms with Crippen LogP contribution >= 0.6 is 0 Å². The topological polar surface area (TPSA) is 61.9 Å². The number of amides is 2. The summed E-state index contributed by atoms with van der Waals surface area (Å²) in [7, 11) is 0. The average Bonchev–Trinajstić information content (AvgIpc) is 2.89. The van der Waals surface area contributed by atoms with Gasteiger partial charge in [-0.15, -0.1) is 0 Å². The van der Waals surface area contributed by atoms with E-state index in [0.717, 1.165) is 19.5 Å². The summed E-state index contributed by atoms with van der Waals surface area (Å²) in [5, 5.41) is 2.94. The molecule has 6 nitrogen and oxygen atoms in total. The van der Waals surface area contributed by atoms with Gasteiger partial charge in [0.2, 0.25) is 5.91 Å². The lowest BCUT2D eigenvalue weighted by Gasteiger charge is -2.30. The number of para-hydroxylation sites is 2. The molecule has 0 bridgehead atoms. The van der Waals surface area contributed by atoms with Crippen molar-refractivity contribution in [3.05, 3.63) is 102 Å². The lowest BCUT2D eigenvalue weighted by molar-refractivity contribution is -0.123. The number of hydrogen-bond acceptors (Lipinski definition) is 4. The summed E-state index contributed by atoms with van der Waals surface area (Å²) >= 11 is 0. The molecule has 7 heteroatoms. The molecular weight excluding hydrogens is 469 g/mol. The highest BCUT2D eigenvalue weighted by Crippen LogP contribution is 2.35. The number of ether oxygens (including phenoxy) is 1. The molecule has 1 N–H and O–H groups in total. The number of nitrogens with zero attached hydrogens (tertiary/aromatic N) is 2. The minimum Gasteiger partial charge on any atom is -0.449 e. The molecule has 2 amide bonds. The van der Waals surface area contributed by atoms with Crippen molar-refractivity contribution in [2.75, 3.05) is 24.5 Å². The Morgan fingerprint density at radius 3 is 2.57 bits per heavy atom. The number of carbonyl (C=O) groups is 2. The second-order valence-corrected chi connectivity index (χ2v) is 9.28. The highest BCUT2D eigenvalue weighted by Gasteiger charge is 2.31. The molecule has 192 valence electrons. The summed E-state index contributed by atoms with van der Waals surface area (Å²) in [6.07, 6.45) is 2.27. The summed E-state index contributed by atoms with van der Waals surface area (Å²) in [5.41, 5.74) is 2.28. The largest absolute Gasteiger partial charge is 0.449 e. The molecule has 0 saturated carbocycles. The number of halogens is 1. The van der Waals surface area contributed by atoms with Gasteiger partial charge in [0.25, 0.3) is 5.91 Å². The molecule has 0 fully saturated rings. The van der Waals surface area contributed by atoms with Crippen LogP contribution < -0.4 is 15.0 Å². The number of hydrogen-bond donors (Lipinski definition) is 1. The number of benzene rings is 3. The second-order valence-electron chi connectivity index (χ2n) is 9.28. The van der Waals surface area contributed by atoms with Gasteiger partial charge in [-0.2, -0.15) is 0 Å². The summed E-state index contributed by atoms with van der Waals surface area (Å²) in [4.78, 5) is 29.8. The van der Waals surface area contributed by atoms with Crippen molar-refractivity contribution < 1.29 is 18.7 Å². The van der Waals surface area contributed by atoms with Crippen LogP contribution in [0.2, 0.25) is 0 Å². The first-order valence-corrected chi connectivity index (χ1v) is 12.5. The summed E-state index contributed by atoms with van der Waals surface area (Å²) in [6, 6.07) is 23.7. The molecule has 0 radical (unpaired) electrons. The fourth-order valence-electron chi connectivity index (χ4n) is 4.21. The highest BCUT2D eigenvalue weighted by atomic mass is 19.1. The van der Waals surface area contributed by atoms with Crippen molar-refractivity contribution in [2.45, 2.75) is 32.9 Å². The SMILES string of the molecule is CC(C)N(CCCNC(=O)CN1C(=O)/C(=C\c2cccc(F)c2)Oc2ccccc21)Cc1ccccc1. The van der Waals surface area contributed by atoms with Crippen molar-refractivity contribution in [3.8, 4) is 5.75 Å². The Hall–Kier alpha value is -3.97. The maximum absolute atomic E-state index is 13.6. The van der Waals surface area contributed by atoms with E-state index in [0.29, 0.717) is 29.6 Å². The summed E-state index contributed by atoms with van der Waals surface area (Å²) in [5.74, 6) is -0.619. The maximum atomic E-state index is 13.6. The van der Waals surface area contributed by atoms with E-state index in [4.69, 9.17) is 4.74 Å². The molecular formula is C30H32FN3O3. The zero-order valence-corrected chi connectivity index (χ0v) is 21.2. The van der Waals surface area contributed by atoms with E-state index >= 15 is 0 Å². The molecule has 0 unspecified atom stereocenters. The van der Waals surface area contributed by atoms with Gasteiger partial charge in [0, 0.05) is 25.7 Å². The lowest BCUT2D eigenvalue weighted by Crippen LogP contribution is -2.44. The Balaban J connectivity index is 1.37. The van der Waals surface area contributed by atoms with Crippen molar-refractivity contribution in [3.63, 3.8) is 0 Å². The normalized spacial score (nSPS) is 14.1. The van der Waals surface area contributed by atoms with Gasteiger partial charge in [0.15, 0.2) is 11.5 Å². The zero-order valence-electron chi connectivity index (χ0n) is 21.2. The van der Waals surface area contributed by atoms with Gasteiger partial charge in [0.1, 0.15) is 12.4 Å². The minimum atomic E-state index is -0.452. The van der Waals surface area contributed by atoms with Crippen molar-refractivity contribution in [1.82, 2.24) is 10.2 Å². The van der Waals surface area contributed by atoms with Crippen molar-refractivity contribution in [1.29, 1.82) is 0 Å². The Kier molecular flexibility index (Phi) is 8.69. The predicted molar refractivity (Wildman–Crippen MR) is 143 cm³/mol. The van der Waals surface area contributed by atoms with Crippen LogP contribution in [0.15, 0.2) is 84.6 Å². The second kappa shape index (κ2) is 12.3. The number of nitrogens with one attached hydrogen (secondary N) is 1. The average molecular weight is 502 g/mol. The van der Waals surface area contributed by atoms with Gasteiger partial charge < -0.3 is 10.1 Å². The molecule has 3 aromatic carbocycles. The molecule has 1 heterocycles. The first-order chi connectivity index (χ1) is 17.9. The van der Waals surface area contributed by atoms with Gasteiger partial charge in [0.05, 0.1) is 5.69 Å². The molecule has 1 aliphatic heterocycles. The molecule has 0 spiro atoms. The van der Waals surface area contributed by atoms with E-state index in [1.165, 1.54) is 28.7 Å². The van der Waals surface area contributed by atoms with Crippen molar-refractivity contribution >= 4 is 23.6 Å². The third-order valence-corrected chi connectivity index (χ3v) is 6.18. The van der Waals surface area contributed by atoms with Gasteiger partial charge in [-0.25, -0.2) is 4.39 Å². The third-order valence-electron chi connectivity index (χ3n) is 6.18. The van der Waals surface area contributed by atoms with E-state index < -0.39 is 11.7 Å². The van der Waals surface area contributed by atoms with Crippen LogP contribution in [0.5, 0.6) is 5.75 Å². The van der Waals surface area contributed by atoms with Crippen LogP contribution in [-0.4, -0.2) is 42.4 Å². The maximum Gasteiger partial charge on any atom is 0.294 e. The fourth-order valence-corrected chi connectivity index (χ4v) is 4.21. The molecule has 0 aliphatic carbocycles. The molecule has 0 aromatic heterocycles. The number of fused-ring (bicyclic) bond motifs is 1. The van der Waals surface area contributed by atoms with Crippen LogP contribution in [-0.2, 0) is 16.1 Å². The Morgan fingerprint density at radius 1 is 1.05 bits per heavy atom. The lowest BCUT2D eigenvalue weighted by atomic mass is 10.1. The molecule has 0 atom stereocenters. The zero-order chi connectivity index (χ0) is 26.2. The monoisotopic (exact) mass is 501 g/mol. The Labute approximate surface area is 217 Å². The molecule has 37 heavy (non-hydrogen) atoms. The summed E-state index contributed by atoms with van der Waals surface area (Å²) in [6.45, 7) is 6.38. The van der Waals surface area contributed by atoms with E-state index in [1.54, 1.807) is 36.4 Å². The van der Waals surface area contributed by atoms with Crippen LogP contribution in [0.1, 0.15) is 31.4 Å². The van der Waals surface area contributed by atoms with Gasteiger partial charge >= 0.3 is 0 Å². The Bertz CT molecular complexity index is 1260. The van der Waals surface area contributed by atoms with Crippen LogP contribution in [0.25, 0.3) is 6.08 Å². The molecule has 0 saturated heterocycles. The third kappa shape index (κ3) is 7.05.